The molecule has 1 saturated heterocycles. The van der Waals surface area contributed by atoms with Crippen molar-refractivity contribution in [1.82, 2.24) is 14.6 Å². The Morgan fingerprint density at radius 3 is 2.55 bits per heavy atom. The van der Waals surface area contributed by atoms with Crippen LogP contribution in [-0.4, -0.2) is 52.1 Å². The van der Waals surface area contributed by atoms with Crippen LogP contribution in [0.3, 0.4) is 0 Å². The van der Waals surface area contributed by atoms with Crippen LogP contribution in [0.1, 0.15) is 40.8 Å². The third kappa shape index (κ3) is 7.60. The first-order chi connectivity index (χ1) is 18.6. The lowest BCUT2D eigenvalue weighted by Crippen LogP contribution is -2.41. The number of H-pyrrole nitrogens is 1. The number of carbonyl (C=O) groups is 1. The van der Waals surface area contributed by atoms with Gasteiger partial charge in [-0.05, 0) is 43.5 Å². The molecular weight excluding hydrogens is 567 g/mol. The van der Waals surface area contributed by atoms with Crippen molar-refractivity contribution in [3.05, 3.63) is 62.4 Å². The first-order valence-electron chi connectivity index (χ1n) is 12.3. The first-order valence-corrected chi connectivity index (χ1v) is 14.2. The van der Waals surface area contributed by atoms with E-state index >= 15 is 0 Å². The molecule has 2 aromatic rings. The third-order valence-corrected chi connectivity index (χ3v) is 7.82. The third-order valence-electron chi connectivity index (χ3n) is 5.93. The minimum absolute atomic E-state index is 0.0999. The Balaban J connectivity index is 1.83. The van der Waals surface area contributed by atoms with E-state index in [1.807, 2.05) is 26.8 Å². The molecule has 6 unspecified atom stereocenters. The molecule has 1 aliphatic rings. The molecule has 1 fully saturated rings. The van der Waals surface area contributed by atoms with Gasteiger partial charge in [-0.25, -0.2) is 9.36 Å². The highest BCUT2D eigenvalue weighted by Crippen LogP contribution is 2.49. The lowest BCUT2D eigenvalue weighted by atomic mass is 9.84. The number of benzene rings is 1. The monoisotopic (exact) mass is 598 g/mol. The molecule has 13 nitrogen and oxygen atoms in total. The average molecular weight is 599 g/mol. The molecule has 3 N–H and O–H groups in total. The van der Waals surface area contributed by atoms with E-state index in [9.17, 15) is 29.3 Å². The summed E-state index contributed by atoms with van der Waals surface area (Å²) in [6, 6.07) is 7.76. The summed E-state index contributed by atoms with van der Waals surface area (Å²) in [6.07, 6.45) is -2.96. The van der Waals surface area contributed by atoms with E-state index in [4.69, 9.17) is 30.1 Å². The van der Waals surface area contributed by atoms with Crippen LogP contribution in [0.25, 0.3) is 0 Å². The topological polar surface area (TPSA) is 182 Å². The van der Waals surface area contributed by atoms with Gasteiger partial charge in [0.05, 0.1) is 19.3 Å². The number of aromatic nitrogens is 2. The number of hydrogen-bond donors (Lipinski definition) is 3. The molecule has 3 rings (SSSR count). The zero-order chi connectivity index (χ0) is 29.9. The number of carbonyl (C=O) groups excluding carboxylic acids is 1. The quantitative estimate of drug-likeness (QED) is 0.270. The van der Waals surface area contributed by atoms with Crippen molar-refractivity contribution in [2.75, 3.05) is 13.2 Å². The van der Waals surface area contributed by atoms with E-state index in [1.54, 1.807) is 0 Å². The maximum absolute atomic E-state index is 13.8. The first kappa shape index (κ1) is 31.5. The van der Waals surface area contributed by atoms with Crippen LogP contribution in [0.15, 0.2) is 46.1 Å². The second-order valence-electron chi connectivity index (χ2n) is 10.7. The number of nitrogens with one attached hydrogen (secondary N) is 2. The van der Waals surface area contributed by atoms with Gasteiger partial charge in [-0.1, -0.05) is 32.4 Å². The highest BCUT2D eigenvalue weighted by molar-refractivity contribution is 7.52. The van der Waals surface area contributed by atoms with Crippen LogP contribution >= 0.6 is 19.3 Å². The summed E-state index contributed by atoms with van der Waals surface area (Å²) in [5.74, 6) is -0.604. The maximum Gasteiger partial charge on any atom is 0.459 e. The van der Waals surface area contributed by atoms with Gasteiger partial charge in [0.1, 0.15) is 29.4 Å². The van der Waals surface area contributed by atoms with E-state index in [-0.39, 0.29) is 17.8 Å². The number of ether oxygens (including phenoxy) is 2. The van der Waals surface area contributed by atoms with Crippen molar-refractivity contribution in [3.63, 3.8) is 0 Å². The molecule has 15 heteroatoms. The predicted molar refractivity (Wildman–Crippen MR) is 144 cm³/mol. The second kappa shape index (κ2) is 12.3. The molecule has 6 atom stereocenters. The van der Waals surface area contributed by atoms with Crippen LogP contribution in [0.5, 0.6) is 5.75 Å². The van der Waals surface area contributed by atoms with E-state index in [1.165, 1.54) is 38.1 Å². The predicted octanol–water partition coefficient (Wildman–Crippen LogP) is 2.75. The number of hydrogen-bond acceptors (Lipinski definition) is 10. The summed E-state index contributed by atoms with van der Waals surface area (Å²) in [7, 11) is -4.35. The molecule has 0 aliphatic carbocycles. The Morgan fingerprint density at radius 2 is 1.98 bits per heavy atom. The maximum atomic E-state index is 13.8. The Labute approximate surface area is 235 Å². The number of rotatable bonds is 10. The van der Waals surface area contributed by atoms with E-state index in [0.29, 0.717) is 5.02 Å². The van der Waals surface area contributed by atoms with Crippen molar-refractivity contribution in [2.45, 2.75) is 59.1 Å². The molecule has 218 valence electrons. The minimum Gasteiger partial charge on any atom is -0.464 e. The smallest absolute Gasteiger partial charge is 0.459 e. The fourth-order valence-corrected chi connectivity index (χ4v) is 5.36. The van der Waals surface area contributed by atoms with Crippen molar-refractivity contribution in [3.8, 4) is 11.8 Å². The van der Waals surface area contributed by atoms with Crippen molar-refractivity contribution in [1.29, 1.82) is 5.26 Å². The zero-order valence-electron chi connectivity index (χ0n) is 22.6. The molecule has 0 bridgehead atoms. The molecule has 1 aromatic carbocycles. The summed E-state index contributed by atoms with van der Waals surface area (Å²) in [5.41, 5.74) is -3.47. The van der Waals surface area contributed by atoms with Gasteiger partial charge in [0.2, 0.25) is 0 Å². The fourth-order valence-electron chi connectivity index (χ4n) is 3.73. The Kier molecular flexibility index (Phi) is 9.67. The summed E-state index contributed by atoms with van der Waals surface area (Å²) in [4.78, 5) is 38.5. The van der Waals surface area contributed by atoms with Crippen molar-refractivity contribution >= 4 is 25.3 Å². The number of nitrogens with zero attached hydrogens (tertiary/aromatic N) is 2. The van der Waals surface area contributed by atoms with Crippen LogP contribution in [0.4, 0.5) is 0 Å². The van der Waals surface area contributed by atoms with Crippen LogP contribution < -0.4 is 20.9 Å². The number of nitriles is 1. The molecule has 0 radical (unpaired) electrons. The van der Waals surface area contributed by atoms with Crippen LogP contribution in [-0.2, 0) is 23.4 Å². The Bertz CT molecular complexity index is 1420. The molecule has 40 heavy (non-hydrogen) atoms. The van der Waals surface area contributed by atoms with Gasteiger partial charge in [-0.2, -0.15) is 10.3 Å². The minimum atomic E-state index is -4.35. The molecule has 1 aromatic heterocycles. The molecule has 0 spiro atoms. The van der Waals surface area contributed by atoms with Gasteiger partial charge in [0, 0.05) is 17.3 Å². The fraction of sp³-hybridized carbons (Fsp3) is 0.520. The number of aliphatic hydroxyl groups excluding tert-OH is 1. The van der Waals surface area contributed by atoms with E-state index < -0.39 is 61.5 Å². The van der Waals surface area contributed by atoms with Crippen LogP contribution in [0, 0.1) is 22.2 Å². The molecule has 0 amide bonds. The number of halogens is 1. The summed E-state index contributed by atoms with van der Waals surface area (Å²) in [6.45, 7) is 7.97. The highest BCUT2D eigenvalue weighted by Gasteiger charge is 2.55. The number of aromatic amines is 1. The molecule has 2 heterocycles. The van der Waals surface area contributed by atoms with Gasteiger partial charge >= 0.3 is 19.4 Å². The molecule has 1 aliphatic heterocycles. The lowest BCUT2D eigenvalue weighted by molar-refractivity contribution is -0.148. The van der Waals surface area contributed by atoms with Gasteiger partial charge in [0.15, 0.2) is 6.23 Å². The normalized spacial score (nSPS) is 25.0. The van der Waals surface area contributed by atoms with Crippen molar-refractivity contribution in [2.24, 2.45) is 10.8 Å². The summed E-state index contributed by atoms with van der Waals surface area (Å²) < 4.78 is 37.1. The molecular formula is C25H32ClN4O9P. The highest BCUT2D eigenvalue weighted by atomic mass is 35.5. The zero-order valence-corrected chi connectivity index (χ0v) is 24.3. The van der Waals surface area contributed by atoms with Crippen LogP contribution in [0.2, 0.25) is 5.02 Å². The SMILES string of the molecule is CC(NP(=O)(OCC1OC(n2ccc(=O)[nH]c2=O)C(C)(C#N)C1O)Oc1ccc(Cl)cc1)C(=O)OCC(C)(C)C. The molecule has 0 saturated carbocycles. The van der Waals surface area contributed by atoms with Gasteiger partial charge in [-0.3, -0.25) is 23.7 Å². The average Bonchev–Trinajstić information content (AvgIpc) is 3.12. The van der Waals surface area contributed by atoms with Gasteiger partial charge in [-0.15, -0.1) is 0 Å². The van der Waals surface area contributed by atoms with Gasteiger partial charge < -0.3 is 19.1 Å². The van der Waals surface area contributed by atoms with E-state index in [2.05, 4.69) is 10.1 Å². The largest absolute Gasteiger partial charge is 0.464 e. The Hall–Kier alpha value is -2.98. The lowest BCUT2D eigenvalue weighted by Gasteiger charge is -2.26. The van der Waals surface area contributed by atoms with Gasteiger partial charge in [0.25, 0.3) is 5.56 Å². The summed E-state index contributed by atoms with van der Waals surface area (Å²) in [5, 5.41) is 23.7. The second-order valence-corrected chi connectivity index (χ2v) is 12.9. The summed E-state index contributed by atoms with van der Waals surface area (Å²) >= 11 is 5.92. The number of aliphatic hydroxyl groups is 1. The van der Waals surface area contributed by atoms with E-state index in [0.717, 1.165) is 16.8 Å². The standard InChI is InChI=1S/C25H32ClN4O9P/c1-15(21(33)36-14-24(2,3)4)29-40(35,39-17-8-6-16(26)7-9-17)37-12-18-20(32)25(5,13-27)22(38-18)30-11-10-19(31)28-23(30)34/h6-11,15,18,20,22,32H,12,14H2,1-5H3,(H,29,35)(H,28,31,34). The van der Waals surface area contributed by atoms with Crippen molar-refractivity contribution < 1.29 is 33.0 Å². The number of esters is 1. The Morgan fingerprint density at radius 1 is 1.32 bits per heavy atom.